The zero-order valence-corrected chi connectivity index (χ0v) is 11.9. The average molecular weight is 272 g/mol. The maximum atomic E-state index is 11.9. The van der Waals surface area contributed by atoms with Gasteiger partial charge in [-0.05, 0) is 18.6 Å². The molecule has 0 N–H and O–H groups in total. The van der Waals surface area contributed by atoms with Gasteiger partial charge in [0.15, 0.2) is 0 Å². The molecule has 0 aliphatic carbocycles. The minimum absolute atomic E-state index is 0.0190. The molecule has 0 atom stereocenters. The highest BCUT2D eigenvalue weighted by Gasteiger charge is 2.05. The molecule has 4 heteroatoms. The molecule has 0 aliphatic heterocycles. The van der Waals surface area contributed by atoms with Crippen molar-refractivity contribution in [2.45, 2.75) is 13.5 Å². The molecule has 2 rings (SSSR count). The Morgan fingerprint density at radius 1 is 1.37 bits per heavy atom. The van der Waals surface area contributed by atoms with Crippen molar-refractivity contribution in [2.24, 2.45) is 0 Å². The molecule has 0 saturated carbocycles. The van der Waals surface area contributed by atoms with Crippen LogP contribution in [0.15, 0.2) is 41.8 Å². The molecule has 0 unspecified atom stereocenters. The number of aromatic nitrogens is 1. The normalized spacial score (nSPS) is 10.8. The summed E-state index contributed by atoms with van der Waals surface area (Å²) in [5, 5.41) is 2.95. The third-order valence-corrected chi connectivity index (χ3v) is 3.46. The summed E-state index contributed by atoms with van der Waals surface area (Å²) in [7, 11) is 1.80. The Balaban J connectivity index is 1.94. The Morgan fingerprint density at radius 3 is 2.74 bits per heavy atom. The number of benzene rings is 1. The summed E-state index contributed by atoms with van der Waals surface area (Å²) in [5.74, 6) is -0.0190. The first-order valence-electron chi connectivity index (χ1n) is 6.04. The molecule has 0 spiro atoms. The van der Waals surface area contributed by atoms with Crippen molar-refractivity contribution in [3.63, 3.8) is 0 Å². The van der Waals surface area contributed by atoms with Crippen LogP contribution in [-0.2, 0) is 11.3 Å². The fourth-order valence-corrected chi connectivity index (χ4v) is 2.26. The number of carbonyl (C=O) groups is 1. The van der Waals surface area contributed by atoms with Crippen LogP contribution < -0.4 is 0 Å². The van der Waals surface area contributed by atoms with Gasteiger partial charge >= 0.3 is 0 Å². The third kappa shape index (κ3) is 4.03. The number of rotatable bonds is 4. The fourth-order valence-electron chi connectivity index (χ4n) is 1.68. The van der Waals surface area contributed by atoms with Gasteiger partial charge in [0.25, 0.3) is 0 Å². The van der Waals surface area contributed by atoms with Crippen LogP contribution in [0.3, 0.4) is 0 Å². The highest BCUT2D eigenvalue weighted by atomic mass is 32.1. The number of thiazole rings is 1. The van der Waals surface area contributed by atoms with Gasteiger partial charge in [-0.3, -0.25) is 4.79 Å². The van der Waals surface area contributed by atoms with Crippen molar-refractivity contribution in [3.05, 3.63) is 58.1 Å². The Kier molecular flexibility index (Phi) is 4.47. The largest absolute Gasteiger partial charge is 0.338 e. The first-order valence-corrected chi connectivity index (χ1v) is 6.92. The highest BCUT2D eigenvalue weighted by Crippen LogP contribution is 2.10. The molecular formula is C15H16N2OS. The van der Waals surface area contributed by atoms with Gasteiger partial charge in [-0.15, -0.1) is 11.3 Å². The van der Waals surface area contributed by atoms with Crippen molar-refractivity contribution in [1.29, 1.82) is 0 Å². The van der Waals surface area contributed by atoms with E-state index in [1.54, 1.807) is 35.4 Å². The van der Waals surface area contributed by atoms with Crippen LogP contribution in [0.1, 0.15) is 16.3 Å². The van der Waals surface area contributed by atoms with Gasteiger partial charge in [0.1, 0.15) is 0 Å². The topological polar surface area (TPSA) is 33.2 Å². The van der Waals surface area contributed by atoms with Gasteiger partial charge in [0, 0.05) is 25.0 Å². The molecule has 19 heavy (non-hydrogen) atoms. The number of hydrogen-bond acceptors (Lipinski definition) is 3. The van der Waals surface area contributed by atoms with E-state index in [0.717, 1.165) is 16.3 Å². The van der Waals surface area contributed by atoms with Crippen molar-refractivity contribution in [3.8, 4) is 0 Å². The van der Waals surface area contributed by atoms with Gasteiger partial charge in [0.05, 0.1) is 10.7 Å². The molecule has 1 amide bonds. The summed E-state index contributed by atoms with van der Waals surface area (Å²) in [4.78, 5) is 17.9. The van der Waals surface area contributed by atoms with Crippen molar-refractivity contribution in [1.82, 2.24) is 9.88 Å². The van der Waals surface area contributed by atoms with E-state index in [1.165, 1.54) is 0 Å². The van der Waals surface area contributed by atoms with E-state index in [4.69, 9.17) is 0 Å². The third-order valence-electron chi connectivity index (χ3n) is 2.67. The lowest BCUT2D eigenvalue weighted by molar-refractivity contribution is -0.125. The molecule has 98 valence electrons. The summed E-state index contributed by atoms with van der Waals surface area (Å²) in [6, 6.07) is 9.94. The van der Waals surface area contributed by atoms with E-state index < -0.39 is 0 Å². The van der Waals surface area contributed by atoms with Crippen LogP contribution in [-0.4, -0.2) is 22.8 Å². The van der Waals surface area contributed by atoms with Crippen LogP contribution in [0.2, 0.25) is 0 Å². The monoisotopic (exact) mass is 272 g/mol. The van der Waals surface area contributed by atoms with Gasteiger partial charge in [-0.25, -0.2) is 4.98 Å². The quantitative estimate of drug-likeness (QED) is 0.801. The van der Waals surface area contributed by atoms with E-state index in [2.05, 4.69) is 4.98 Å². The molecule has 2 aromatic rings. The fraction of sp³-hybridized carbons (Fsp3) is 0.200. The number of likely N-dealkylation sites (N-methyl/N-ethyl adjacent to an activating group) is 1. The van der Waals surface area contributed by atoms with Gasteiger partial charge < -0.3 is 4.90 Å². The molecule has 0 saturated heterocycles. The zero-order chi connectivity index (χ0) is 13.7. The van der Waals surface area contributed by atoms with Crippen LogP contribution in [0, 0.1) is 6.92 Å². The standard InChI is InChI=1S/C15H16N2OS/c1-12-16-14(11-19-12)8-9-15(18)17(2)10-13-6-4-3-5-7-13/h3-9,11H,10H2,1-2H3/b9-8+. The molecule has 0 radical (unpaired) electrons. The highest BCUT2D eigenvalue weighted by molar-refractivity contribution is 7.09. The smallest absolute Gasteiger partial charge is 0.246 e. The summed E-state index contributed by atoms with van der Waals surface area (Å²) in [6.45, 7) is 2.56. The lowest BCUT2D eigenvalue weighted by atomic mass is 10.2. The van der Waals surface area contributed by atoms with Gasteiger partial charge in [-0.2, -0.15) is 0 Å². The molecule has 0 aliphatic rings. The molecule has 1 heterocycles. The second-order valence-electron chi connectivity index (χ2n) is 4.30. The Hall–Kier alpha value is -1.94. The average Bonchev–Trinajstić information content (AvgIpc) is 2.83. The summed E-state index contributed by atoms with van der Waals surface area (Å²) in [5.41, 5.74) is 1.96. The van der Waals surface area contributed by atoms with Crippen molar-refractivity contribution in [2.75, 3.05) is 7.05 Å². The van der Waals surface area contributed by atoms with Gasteiger partial charge in [-0.1, -0.05) is 30.3 Å². The number of amides is 1. The minimum Gasteiger partial charge on any atom is -0.338 e. The number of hydrogen-bond donors (Lipinski definition) is 0. The maximum absolute atomic E-state index is 11.9. The van der Waals surface area contributed by atoms with Crippen LogP contribution in [0.4, 0.5) is 0 Å². The molecule has 1 aromatic carbocycles. The van der Waals surface area contributed by atoms with Crippen molar-refractivity contribution >= 4 is 23.3 Å². The molecular weight excluding hydrogens is 256 g/mol. The predicted octanol–water partition coefficient (Wildman–Crippen LogP) is 3.12. The molecule has 0 bridgehead atoms. The van der Waals surface area contributed by atoms with E-state index in [9.17, 15) is 4.79 Å². The second kappa shape index (κ2) is 6.29. The van der Waals surface area contributed by atoms with E-state index in [1.807, 2.05) is 42.6 Å². The van der Waals surface area contributed by atoms with Crippen LogP contribution in [0.25, 0.3) is 6.08 Å². The minimum atomic E-state index is -0.0190. The number of carbonyl (C=O) groups excluding carboxylic acids is 1. The summed E-state index contributed by atoms with van der Waals surface area (Å²) < 4.78 is 0. The maximum Gasteiger partial charge on any atom is 0.246 e. The number of nitrogens with zero attached hydrogens (tertiary/aromatic N) is 2. The number of aryl methyl sites for hydroxylation is 1. The molecule has 1 aromatic heterocycles. The Bertz CT molecular complexity index is 575. The second-order valence-corrected chi connectivity index (χ2v) is 5.37. The van der Waals surface area contributed by atoms with Crippen LogP contribution >= 0.6 is 11.3 Å². The van der Waals surface area contributed by atoms with Gasteiger partial charge in [0.2, 0.25) is 5.91 Å². The predicted molar refractivity (Wildman–Crippen MR) is 78.8 cm³/mol. The van der Waals surface area contributed by atoms with Crippen molar-refractivity contribution < 1.29 is 4.79 Å². The summed E-state index contributed by atoms with van der Waals surface area (Å²) >= 11 is 1.58. The Labute approximate surface area is 117 Å². The lowest BCUT2D eigenvalue weighted by Gasteiger charge is -2.14. The molecule has 0 fully saturated rings. The summed E-state index contributed by atoms with van der Waals surface area (Å²) in [6.07, 6.45) is 3.32. The zero-order valence-electron chi connectivity index (χ0n) is 11.0. The van der Waals surface area contributed by atoms with E-state index in [0.29, 0.717) is 6.54 Å². The van der Waals surface area contributed by atoms with E-state index in [-0.39, 0.29) is 5.91 Å². The molecule has 3 nitrogen and oxygen atoms in total. The SMILES string of the molecule is Cc1nc(/C=C/C(=O)N(C)Cc2ccccc2)cs1. The first-order chi connectivity index (χ1) is 9.15. The van der Waals surface area contributed by atoms with Crippen LogP contribution in [0.5, 0.6) is 0 Å². The first kappa shape index (κ1) is 13.5. The van der Waals surface area contributed by atoms with E-state index >= 15 is 0 Å². The Morgan fingerprint density at radius 2 is 2.11 bits per heavy atom. The lowest BCUT2D eigenvalue weighted by Crippen LogP contribution is -2.24.